The quantitative estimate of drug-likeness (QED) is 0.769. The first-order chi connectivity index (χ1) is 13.6. The lowest BCUT2D eigenvalue weighted by Crippen LogP contribution is -2.39. The van der Waals surface area contributed by atoms with Crippen LogP contribution in [-0.4, -0.2) is 63.6 Å². The summed E-state index contributed by atoms with van der Waals surface area (Å²) in [5, 5.41) is 4.74. The minimum Gasteiger partial charge on any atom is -0.338 e. The average Bonchev–Trinajstić information content (AvgIpc) is 3.12. The molecule has 1 aromatic carbocycles. The second-order valence-corrected chi connectivity index (χ2v) is 8.04. The maximum absolute atomic E-state index is 12.7. The third kappa shape index (κ3) is 4.28. The zero-order valence-electron chi connectivity index (χ0n) is 17.1. The van der Waals surface area contributed by atoms with Gasteiger partial charge in [0, 0.05) is 45.7 Å². The number of amides is 1. The third-order valence-electron chi connectivity index (χ3n) is 6.02. The van der Waals surface area contributed by atoms with E-state index in [1.54, 1.807) is 0 Å². The van der Waals surface area contributed by atoms with Crippen molar-refractivity contribution in [2.24, 2.45) is 0 Å². The molecule has 150 valence electrons. The minimum atomic E-state index is 0.277. The van der Waals surface area contributed by atoms with E-state index in [9.17, 15) is 4.79 Å². The van der Waals surface area contributed by atoms with E-state index in [1.165, 1.54) is 16.8 Å². The Labute approximate surface area is 167 Å². The van der Waals surface area contributed by atoms with Gasteiger partial charge in [0.2, 0.25) is 5.91 Å². The summed E-state index contributed by atoms with van der Waals surface area (Å²) in [4.78, 5) is 19.4. The molecular formula is C22H31N5O. The molecule has 2 aliphatic heterocycles. The summed E-state index contributed by atoms with van der Waals surface area (Å²) in [5.41, 5.74) is 5.10. The molecule has 0 saturated carbocycles. The van der Waals surface area contributed by atoms with Crippen molar-refractivity contribution in [3.63, 3.8) is 0 Å². The molecular weight excluding hydrogens is 350 g/mol. The minimum absolute atomic E-state index is 0.277. The van der Waals surface area contributed by atoms with Crippen molar-refractivity contribution in [3.8, 4) is 0 Å². The van der Waals surface area contributed by atoms with E-state index in [2.05, 4.69) is 58.8 Å². The summed E-state index contributed by atoms with van der Waals surface area (Å²) in [6.45, 7) is 9.28. The molecule has 4 rings (SSSR count). The van der Waals surface area contributed by atoms with Crippen LogP contribution >= 0.6 is 0 Å². The maximum atomic E-state index is 12.7. The highest BCUT2D eigenvalue weighted by molar-refractivity contribution is 5.76. The van der Waals surface area contributed by atoms with Gasteiger partial charge in [-0.1, -0.05) is 31.2 Å². The number of rotatable bonds is 6. The standard InChI is InChI=1S/C22H31N5O/c1-3-24(2)16-20-14-21-17-25(12-13-27(21)23-20)10-9-22(28)26-11-8-18-6-4-5-7-19(18)15-26/h4-7,14H,3,8-13,15-17H2,1-2H3. The Bertz CT molecular complexity index is 830. The Balaban J connectivity index is 1.29. The van der Waals surface area contributed by atoms with Gasteiger partial charge in [0.1, 0.15) is 0 Å². The Hall–Kier alpha value is -2.18. The van der Waals surface area contributed by atoms with Crippen LogP contribution in [0.3, 0.4) is 0 Å². The molecule has 6 heteroatoms. The van der Waals surface area contributed by atoms with Crippen LogP contribution in [0.4, 0.5) is 0 Å². The van der Waals surface area contributed by atoms with Gasteiger partial charge in [-0.2, -0.15) is 5.10 Å². The van der Waals surface area contributed by atoms with Crippen LogP contribution in [-0.2, 0) is 37.4 Å². The van der Waals surface area contributed by atoms with Crippen LogP contribution in [0.2, 0.25) is 0 Å². The Morgan fingerprint density at radius 3 is 2.79 bits per heavy atom. The maximum Gasteiger partial charge on any atom is 0.224 e. The van der Waals surface area contributed by atoms with Gasteiger partial charge in [-0.25, -0.2) is 0 Å². The second-order valence-electron chi connectivity index (χ2n) is 8.04. The number of fused-ring (bicyclic) bond motifs is 2. The Kier molecular flexibility index (Phi) is 5.78. The fraction of sp³-hybridized carbons (Fsp3) is 0.545. The van der Waals surface area contributed by atoms with Crippen molar-refractivity contribution in [2.45, 2.75) is 45.9 Å². The summed E-state index contributed by atoms with van der Waals surface area (Å²) in [6.07, 6.45) is 1.57. The highest BCUT2D eigenvalue weighted by Crippen LogP contribution is 2.20. The Morgan fingerprint density at radius 1 is 1.14 bits per heavy atom. The number of hydrogen-bond donors (Lipinski definition) is 0. The number of carbonyl (C=O) groups excluding carboxylic acids is 1. The zero-order chi connectivity index (χ0) is 19.5. The fourth-order valence-corrected chi connectivity index (χ4v) is 4.16. The summed E-state index contributed by atoms with van der Waals surface area (Å²) in [5.74, 6) is 0.277. The van der Waals surface area contributed by atoms with E-state index in [-0.39, 0.29) is 5.91 Å². The Morgan fingerprint density at radius 2 is 1.96 bits per heavy atom. The molecule has 2 aliphatic rings. The number of carbonyl (C=O) groups is 1. The number of aromatic nitrogens is 2. The van der Waals surface area contributed by atoms with E-state index < -0.39 is 0 Å². The molecule has 3 heterocycles. The second kappa shape index (κ2) is 8.45. The molecule has 1 aromatic heterocycles. The fourth-order valence-electron chi connectivity index (χ4n) is 4.16. The first kappa shape index (κ1) is 19.2. The van der Waals surface area contributed by atoms with Crippen LogP contribution in [0.5, 0.6) is 0 Å². The SMILES string of the molecule is CCN(C)Cc1cc2n(n1)CCN(CCC(=O)N1CCc3ccccc3C1)C2. The number of benzene rings is 1. The van der Waals surface area contributed by atoms with E-state index in [1.807, 2.05) is 4.90 Å². The molecule has 2 aromatic rings. The van der Waals surface area contributed by atoms with Gasteiger partial charge in [-0.3, -0.25) is 14.4 Å². The smallest absolute Gasteiger partial charge is 0.224 e. The molecule has 0 aliphatic carbocycles. The van der Waals surface area contributed by atoms with Gasteiger partial charge in [-0.15, -0.1) is 0 Å². The monoisotopic (exact) mass is 381 g/mol. The molecule has 0 spiro atoms. The first-order valence-corrected chi connectivity index (χ1v) is 10.4. The molecule has 28 heavy (non-hydrogen) atoms. The predicted molar refractivity (Wildman–Crippen MR) is 110 cm³/mol. The van der Waals surface area contributed by atoms with Crippen LogP contribution in [0.1, 0.15) is 35.9 Å². The first-order valence-electron chi connectivity index (χ1n) is 10.4. The van der Waals surface area contributed by atoms with Gasteiger partial charge in [-0.05, 0) is 37.2 Å². The number of nitrogens with zero attached hydrogens (tertiary/aromatic N) is 5. The molecule has 0 radical (unpaired) electrons. The molecule has 0 N–H and O–H groups in total. The summed E-state index contributed by atoms with van der Waals surface area (Å²) < 4.78 is 2.14. The van der Waals surface area contributed by atoms with Gasteiger partial charge in [0.25, 0.3) is 0 Å². The van der Waals surface area contributed by atoms with E-state index in [0.29, 0.717) is 6.42 Å². The van der Waals surface area contributed by atoms with Gasteiger partial charge in [0.15, 0.2) is 0 Å². The molecule has 0 unspecified atom stereocenters. The van der Waals surface area contributed by atoms with Gasteiger partial charge in [0.05, 0.1) is 17.9 Å². The highest BCUT2D eigenvalue weighted by Gasteiger charge is 2.23. The molecule has 1 amide bonds. The van der Waals surface area contributed by atoms with Crippen molar-refractivity contribution >= 4 is 5.91 Å². The lowest BCUT2D eigenvalue weighted by molar-refractivity contribution is -0.132. The molecule has 0 atom stereocenters. The molecule has 0 bridgehead atoms. The van der Waals surface area contributed by atoms with E-state index in [0.717, 1.165) is 64.5 Å². The van der Waals surface area contributed by atoms with Crippen molar-refractivity contribution < 1.29 is 4.79 Å². The average molecular weight is 382 g/mol. The molecule has 0 fully saturated rings. The van der Waals surface area contributed by atoms with Crippen LogP contribution in [0, 0.1) is 0 Å². The topological polar surface area (TPSA) is 44.6 Å². The normalized spacial score (nSPS) is 16.9. The van der Waals surface area contributed by atoms with Crippen LogP contribution in [0.15, 0.2) is 30.3 Å². The number of hydrogen-bond acceptors (Lipinski definition) is 4. The van der Waals surface area contributed by atoms with Crippen LogP contribution < -0.4 is 0 Å². The molecule has 0 saturated heterocycles. The largest absolute Gasteiger partial charge is 0.338 e. The van der Waals surface area contributed by atoms with Crippen LogP contribution in [0.25, 0.3) is 0 Å². The van der Waals surface area contributed by atoms with E-state index in [4.69, 9.17) is 5.10 Å². The van der Waals surface area contributed by atoms with Crippen molar-refractivity contribution in [2.75, 3.05) is 33.2 Å². The third-order valence-corrected chi connectivity index (χ3v) is 6.02. The van der Waals surface area contributed by atoms with Gasteiger partial charge >= 0.3 is 0 Å². The highest BCUT2D eigenvalue weighted by atomic mass is 16.2. The predicted octanol–water partition coefficient (Wildman–Crippen LogP) is 2.13. The summed E-state index contributed by atoms with van der Waals surface area (Å²) in [7, 11) is 2.12. The lowest BCUT2D eigenvalue weighted by Gasteiger charge is -2.31. The van der Waals surface area contributed by atoms with Gasteiger partial charge < -0.3 is 9.80 Å². The summed E-state index contributed by atoms with van der Waals surface area (Å²) >= 11 is 0. The zero-order valence-corrected chi connectivity index (χ0v) is 17.1. The molecule has 6 nitrogen and oxygen atoms in total. The van der Waals surface area contributed by atoms with Crippen molar-refractivity contribution in [1.29, 1.82) is 0 Å². The summed E-state index contributed by atoms with van der Waals surface area (Å²) in [6, 6.07) is 10.7. The lowest BCUT2D eigenvalue weighted by atomic mass is 10.00. The van der Waals surface area contributed by atoms with Crippen molar-refractivity contribution in [1.82, 2.24) is 24.5 Å². The van der Waals surface area contributed by atoms with E-state index >= 15 is 0 Å². The van der Waals surface area contributed by atoms with Crippen molar-refractivity contribution in [3.05, 3.63) is 52.8 Å².